The van der Waals surface area contributed by atoms with Crippen molar-refractivity contribution < 1.29 is 0 Å². The van der Waals surface area contributed by atoms with E-state index in [0.29, 0.717) is 23.5 Å². The summed E-state index contributed by atoms with van der Waals surface area (Å²) >= 11 is 0. The van der Waals surface area contributed by atoms with E-state index in [-0.39, 0.29) is 5.82 Å². The zero-order valence-electron chi connectivity index (χ0n) is 25.3. The Balaban J connectivity index is 1.14. The van der Waals surface area contributed by atoms with Crippen LogP contribution >= 0.6 is 0 Å². The predicted molar refractivity (Wildman–Crippen MR) is 178 cm³/mol. The van der Waals surface area contributed by atoms with E-state index in [1.807, 2.05) is 49.5 Å². The average molecular weight is 609 g/mol. The number of benzene rings is 1. The lowest BCUT2D eigenvalue weighted by molar-refractivity contribution is 0.211. The highest BCUT2D eigenvalue weighted by molar-refractivity contribution is 5.84. The van der Waals surface area contributed by atoms with Crippen LogP contribution in [0.2, 0.25) is 0 Å². The normalized spacial score (nSPS) is 13.8. The summed E-state index contributed by atoms with van der Waals surface area (Å²) in [6.45, 7) is 2.77. The highest BCUT2D eigenvalue weighted by Crippen LogP contribution is 2.32. The molecular formula is C34H32N12. The van der Waals surface area contributed by atoms with E-state index >= 15 is 0 Å². The lowest BCUT2D eigenvalue weighted by atomic mass is 10.0. The lowest BCUT2D eigenvalue weighted by Gasteiger charge is -2.32. The summed E-state index contributed by atoms with van der Waals surface area (Å²) < 4.78 is 2.05. The van der Waals surface area contributed by atoms with E-state index in [0.717, 1.165) is 72.0 Å². The van der Waals surface area contributed by atoms with Crippen molar-refractivity contribution in [2.45, 2.75) is 25.4 Å². The Labute approximate surface area is 266 Å². The number of likely N-dealkylation sites (tertiary alicyclic amines) is 1. The van der Waals surface area contributed by atoms with Gasteiger partial charge in [-0.05, 0) is 73.0 Å². The third kappa shape index (κ3) is 5.91. The largest absolute Gasteiger partial charge is 0.383 e. The zero-order chi connectivity index (χ0) is 31.5. The SMILES string of the molecule is CNc1cc(-c2ccc3nc(-c4cccnc4N)n(-c4ccc(CN5CCC(Nc6ccnc(C#N)n6)CC5)cc4)c3n2)ccn1. The summed E-state index contributed by atoms with van der Waals surface area (Å²) in [5.41, 5.74) is 12.5. The Morgan fingerprint density at radius 2 is 1.72 bits per heavy atom. The van der Waals surface area contributed by atoms with Gasteiger partial charge in [0.25, 0.3) is 0 Å². The Kier molecular flexibility index (Phi) is 7.89. The molecule has 1 fully saturated rings. The topological polar surface area (TPSA) is 159 Å². The van der Waals surface area contributed by atoms with Crippen LogP contribution in [0.4, 0.5) is 17.5 Å². The molecule has 1 aliphatic heterocycles. The fourth-order valence-corrected chi connectivity index (χ4v) is 5.82. The molecule has 46 heavy (non-hydrogen) atoms. The van der Waals surface area contributed by atoms with Gasteiger partial charge in [-0.1, -0.05) is 12.1 Å². The van der Waals surface area contributed by atoms with Crippen LogP contribution in [-0.4, -0.2) is 65.5 Å². The van der Waals surface area contributed by atoms with Gasteiger partial charge in [0.2, 0.25) is 5.82 Å². The van der Waals surface area contributed by atoms with E-state index in [1.54, 1.807) is 24.7 Å². The highest BCUT2D eigenvalue weighted by Gasteiger charge is 2.21. The number of aromatic nitrogens is 7. The first-order valence-electron chi connectivity index (χ1n) is 15.1. The number of hydrogen-bond donors (Lipinski definition) is 3. The van der Waals surface area contributed by atoms with Gasteiger partial charge in [0.1, 0.15) is 29.0 Å². The van der Waals surface area contributed by atoms with Crippen LogP contribution in [0.3, 0.4) is 0 Å². The van der Waals surface area contributed by atoms with Crippen LogP contribution in [0, 0.1) is 11.3 Å². The van der Waals surface area contributed by atoms with Crippen LogP contribution in [0.25, 0.3) is 39.5 Å². The van der Waals surface area contributed by atoms with E-state index in [2.05, 4.69) is 64.3 Å². The molecule has 0 saturated carbocycles. The molecule has 1 saturated heterocycles. The second-order valence-corrected chi connectivity index (χ2v) is 11.2. The maximum Gasteiger partial charge on any atom is 0.234 e. The van der Waals surface area contributed by atoms with E-state index in [4.69, 9.17) is 21.0 Å². The van der Waals surface area contributed by atoms with Gasteiger partial charge < -0.3 is 16.4 Å². The minimum atomic E-state index is 0.179. The van der Waals surface area contributed by atoms with E-state index in [9.17, 15) is 0 Å². The number of nitrogens with two attached hydrogens (primary N) is 1. The van der Waals surface area contributed by atoms with Gasteiger partial charge in [0.05, 0.1) is 11.3 Å². The molecule has 12 heteroatoms. The highest BCUT2D eigenvalue weighted by atomic mass is 15.2. The molecule has 0 bridgehead atoms. The average Bonchev–Trinajstić information content (AvgIpc) is 3.48. The van der Waals surface area contributed by atoms with Crippen LogP contribution in [-0.2, 0) is 6.54 Å². The summed E-state index contributed by atoms with van der Waals surface area (Å²) in [7, 11) is 1.85. The molecule has 4 N–H and O–H groups in total. The number of imidazole rings is 1. The molecule has 1 aromatic carbocycles. The minimum absolute atomic E-state index is 0.179. The number of piperidine rings is 1. The molecule has 7 rings (SSSR count). The number of fused-ring (bicyclic) bond motifs is 1. The number of nitrogens with zero attached hydrogens (tertiary/aromatic N) is 9. The summed E-state index contributed by atoms with van der Waals surface area (Å²) in [4.78, 5) is 29.4. The molecule has 6 aromatic rings. The Hall–Kier alpha value is -5.93. The fourth-order valence-electron chi connectivity index (χ4n) is 5.82. The molecule has 0 aliphatic carbocycles. The Morgan fingerprint density at radius 1 is 0.891 bits per heavy atom. The molecule has 228 valence electrons. The lowest BCUT2D eigenvalue weighted by Crippen LogP contribution is -2.38. The maximum atomic E-state index is 9.08. The molecule has 5 aromatic heterocycles. The van der Waals surface area contributed by atoms with Crippen LogP contribution < -0.4 is 16.4 Å². The van der Waals surface area contributed by atoms with Gasteiger partial charge in [0, 0.05) is 62.6 Å². The van der Waals surface area contributed by atoms with Crippen LogP contribution in [0.5, 0.6) is 0 Å². The molecular weight excluding hydrogens is 576 g/mol. The standard InChI is InChI=1S/C34H32N12/c1-37-30-19-23(10-15-38-30)27-8-9-28-34(42-27)46(33(43-28)26-3-2-14-40-32(26)36)25-6-4-22(5-7-25)21-45-17-12-24(13-18-45)41-29-11-16-39-31(20-35)44-29/h2-11,14-16,19,24H,12-13,17-18,21H2,1H3,(H2,36,40)(H,37,38)(H,39,41,44). The van der Waals surface area contributed by atoms with Gasteiger partial charge in [-0.2, -0.15) is 5.26 Å². The molecule has 0 spiro atoms. The quantitative estimate of drug-likeness (QED) is 0.216. The van der Waals surface area contributed by atoms with Crippen molar-refractivity contribution in [2.24, 2.45) is 0 Å². The van der Waals surface area contributed by atoms with Gasteiger partial charge >= 0.3 is 0 Å². The van der Waals surface area contributed by atoms with Gasteiger partial charge in [-0.15, -0.1) is 0 Å². The van der Waals surface area contributed by atoms with Crippen LogP contribution in [0.15, 0.2) is 85.3 Å². The van der Waals surface area contributed by atoms with Crippen molar-refractivity contribution in [3.63, 3.8) is 0 Å². The second-order valence-electron chi connectivity index (χ2n) is 11.2. The maximum absolute atomic E-state index is 9.08. The summed E-state index contributed by atoms with van der Waals surface area (Å²) in [5, 5.41) is 15.6. The monoisotopic (exact) mass is 608 g/mol. The predicted octanol–water partition coefficient (Wildman–Crippen LogP) is 4.91. The van der Waals surface area contributed by atoms with Gasteiger partial charge in [0.15, 0.2) is 11.5 Å². The minimum Gasteiger partial charge on any atom is -0.383 e. The zero-order valence-corrected chi connectivity index (χ0v) is 25.3. The third-order valence-corrected chi connectivity index (χ3v) is 8.19. The molecule has 12 nitrogen and oxygen atoms in total. The summed E-state index contributed by atoms with van der Waals surface area (Å²) in [6.07, 6.45) is 7.04. The first-order chi connectivity index (χ1) is 22.6. The molecule has 0 unspecified atom stereocenters. The van der Waals surface area contributed by atoms with E-state index < -0.39 is 0 Å². The van der Waals surface area contributed by atoms with Crippen molar-refractivity contribution in [3.05, 3.63) is 96.7 Å². The van der Waals surface area contributed by atoms with Crippen molar-refractivity contribution in [1.82, 2.24) is 39.4 Å². The van der Waals surface area contributed by atoms with E-state index in [1.165, 1.54) is 5.56 Å². The van der Waals surface area contributed by atoms with Crippen molar-refractivity contribution >= 4 is 28.6 Å². The van der Waals surface area contributed by atoms with Gasteiger partial charge in [-0.25, -0.2) is 29.9 Å². The Bertz CT molecular complexity index is 2040. The third-order valence-electron chi connectivity index (χ3n) is 8.19. The van der Waals surface area contributed by atoms with Crippen molar-refractivity contribution in [2.75, 3.05) is 36.5 Å². The van der Waals surface area contributed by atoms with Crippen molar-refractivity contribution in [3.8, 4) is 34.4 Å². The number of nitrogens with one attached hydrogen (secondary N) is 2. The van der Waals surface area contributed by atoms with Gasteiger partial charge in [-0.3, -0.25) is 9.47 Å². The number of hydrogen-bond acceptors (Lipinski definition) is 11. The first kappa shape index (κ1) is 28.8. The van der Waals surface area contributed by atoms with Crippen LogP contribution in [0.1, 0.15) is 24.2 Å². The van der Waals surface area contributed by atoms with Crippen molar-refractivity contribution in [1.29, 1.82) is 5.26 Å². The molecule has 6 heterocycles. The number of nitriles is 1. The smallest absolute Gasteiger partial charge is 0.234 e. The molecule has 0 atom stereocenters. The Morgan fingerprint density at radius 3 is 2.50 bits per heavy atom. The molecule has 1 aliphatic rings. The number of rotatable bonds is 8. The summed E-state index contributed by atoms with van der Waals surface area (Å²) in [6, 6.07) is 24.4. The second kappa shape index (κ2) is 12.6. The number of pyridine rings is 3. The molecule has 0 amide bonds. The first-order valence-corrected chi connectivity index (χ1v) is 15.1. The fraction of sp³-hybridized carbons (Fsp3) is 0.206. The molecule has 0 radical (unpaired) electrons. The number of nitrogen functional groups attached to an aromatic ring is 1. The summed E-state index contributed by atoms with van der Waals surface area (Å²) in [5.74, 6) is 2.74. The number of anilines is 3.